The molecule has 1 aromatic rings. The number of benzene rings is 1. The van der Waals surface area contributed by atoms with E-state index in [9.17, 15) is 5.02 Å². The van der Waals surface area contributed by atoms with Crippen LogP contribution >= 0.6 is 0 Å². The molecule has 0 radical (unpaired) electrons. The predicted molar refractivity (Wildman–Crippen MR) is 101 cm³/mol. The van der Waals surface area contributed by atoms with Crippen LogP contribution < -0.4 is 15.4 Å². The second kappa shape index (κ2) is 6.89. The number of piperazine rings is 1. The molecule has 0 spiro atoms. The molecule has 7 heteroatoms. The molecule has 2 fully saturated rings. The standard InChI is InChI=1S/C18H29BN4O2/c1-12-7-20-8-17-15-5-4-14(6-13(15)9-23(12)17)22-10-16(21-19(2)24)18(11-22)25-3/h4-6,12,16-18,20-21,24H,7-11H2,1-3H3/t12-,16-,17-,18-/m1/s1. The second-order valence-electron chi connectivity index (χ2n) is 7.71. The van der Waals surface area contributed by atoms with Crippen molar-refractivity contribution in [3.63, 3.8) is 0 Å². The molecule has 25 heavy (non-hydrogen) atoms. The SMILES string of the molecule is CO[C@@H]1CN(c2ccc3c(c2)CN2[C@H](C)CNC[C@H]32)C[C@H]1NB(C)O. The molecule has 3 N–H and O–H groups in total. The van der Waals surface area contributed by atoms with Crippen molar-refractivity contribution in [2.75, 3.05) is 38.2 Å². The van der Waals surface area contributed by atoms with E-state index in [1.165, 1.54) is 16.8 Å². The lowest BCUT2D eigenvalue weighted by molar-refractivity contribution is 0.102. The minimum absolute atomic E-state index is 0.0957. The minimum Gasteiger partial charge on any atom is -0.437 e. The van der Waals surface area contributed by atoms with E-state index in [0.717, 1.165) is 32.7 Å². The number of hydrogen-bond donors (Lipinski definition) is 3. The first kappa shape index (κ1) is 17.3. The van der Waals surface area contributed by atoms with E-state index in [-0.39, 0.29) is 12.1 Å². The van der Waals surface area contributed by atoms with Crippen LogP contribution in [0.5, 0.6) is 0 Å². The van der Waals surface area contributed by atoms with Crippen molar-refractivity contribution in [2.45, 2.75) is 44.5 Å². The number of nitrogens with zero attached hydrogens (tertiary/aromatic N) is 2. The summed E-state index contributed by atoms with van der Waals surface area (Å²) in [7, 11) is 1.23. The van der Waals surface area contributed by atoms with Gasteiger partial charge in [-0.15, -0.1) is 0 Å². The van der Waals surface area contributed by atoms with Crippen LogP contribution in [0.2, 0.25) is 6.82 Å². The van der Waals surface area contributed by atoms with Crippen LogP contribution in [0, 0.1) is 0 Å². The third-order valence-electron chi connectivity index (χ3n) is 5.97. The lowest BCUT2D eigenvalue weighted by Gasteiger charge is -2.36. The molecule has 0 bridgehead atoms. The number of hydrogen-bond acceptors (Lipinski definition) is 6. The molecule has 0 unspecified atom stereocenters. The van der Waals surface area contributed by atoms with Crippen molar-refractivity contribution < 1.29 is 9.76 Å². The van der Waals surface area contributed by atoms with Gasteiger partial charge >= 0.3 is 7.05 Å². The van der Waals surface area contributed by atoms with Gasteiger partial charge in [0.2, 0.25) is 0 Å². The Labute approximate surface area is 150 Å². The predicted octanol–water partition coefficient (Wildman–Crippen LogP) is 0.439. The number of nitrogens with one attached hydrogen (secondary N) is 2. The Morgan fingerprint density at radius 1 is 1.32 bits per heavy atom. The maximum atomic E-state index is 9.66. The van der Waals surface area contributed by atoms with Gasteiger partial charge in [0.05, 0.1) is 6.10 Å². The highest BCUT2D eigenvalue weighted by molar-refractivity contribution is 6.45. The van der Waals surface area contributed by atoms with Crippen molar-refractivity contribution in [3.8, 4) is 0 Å². The highest BCUT2D eigenvalue weighted by atomic mass is 16.5. The molecule has 6 nitrogen and oxygen atoms in total. The summed E-state index contributed by atoms with van der Waals surface area (Å²) in [6, 6.07) is 8.17. The quantitative estimate of drug-likeness (QED) is 0.689. The molecule has 0 aromatic heterocycles. The fourth-order valence-electron chi connectivity index (χ4n) is 4.67. The average Bonchev–Trinajstić information content (AvgIpc) is 3.16. The smallest absolute Gasteiger partial charge is 0.373 e. The molecular formula is C18H29BN4O2. The molecule has 136 valence electrons. The first-order chi connectivity index (χ1) is 12.1. The molecule has 0 aliphatic carbocycles. The Bertz CT molecular complexity index is 629. The van der Waals surface area contributed by atoms with Gasteiger partial charge in [-0.3, -0.25) is 4.90 Å². The third-order valence-corrected chi connectivity index (χ3v) is 5.97. The molecule has 4 rings (SSSR count). The maximum Gasteiger partial charge on any atom is 0.373 e. The number of anilines is 1. The van der Waals surface area contributed by atoms with Crippen LogP contribution in [0.1, 0.15) is 24.1 Å². The second-order valence-corrected chi connectivity index (χ2v) is 7.71. The van der Waals surface area contributed by atoms with Crippen LogP contribution in [-0.2, 0) is 11.3 Å². The van der Waals surface area contributed by atoms with Crippen molar-refractivity contribution in [3.05, 3.63) is 29.3 Å². The molecule has 0 saturated carbocycles. The average molecular weight is 344 g/mol. The van der Waals surface area contributed by atoms with Crippen molar-refractivity contribution in [2.24, 2.45) is 0 Å². The van der Waals surface area contributed by atoms with E-state index in [1.807, 2.05) is 0 Å². The Hall–Kier alpha value is -1.12. The minimum atomic E-state index is -0.521. The fourth-order valence-corrected chi connectivity index (χ4v) is 4.67. The van der Waals surface area contributed by atoms with Crippen LogP contribution in [0.3, 0.4) is 0 Å². The normalized spacial score (nSPS) is 31.9. The van der Waals surface area contributed by atoms with Crippen LogP contribution in [0.4, 0.5) is 5.69 Å². The van der Waals surface area contributed by atoms with Gasteiger partial charge in [0.15, 0.2) is 0 Å². The summed E-state index contributed by atoms with van der Waals surface area (Å²) in [5, 5.41) is 16.4. The summed E-state index contributed by atoms with van der Waals surface area (Å²) in [6.07, 6.45) is 0.0957. The van der Waals surface area contributed by atoms with Gasteiger partial charge in [-0.05, 0) is 37.0 Å². The van der Waals surface area contributed by atoms with Gasteiger partial charge in [0.25, 0.3) is 0 Å². The number of fused-ring (bicyclic) bond motifs is 3. The lowest BCUT2D eigenvalue weighted by Crippen LogP contribution is -2.48. The van der Waals surface area contributed by atoms with Crippen LogP contribution in [0.25, 0.3) is 0 Å². The Kier molecular flexibility index (Phi) is 4.77. The Balaban J connectivity index is 1.53. The van der Waals surface area contributed by atoms with E-state index in [0.29, 0.717) is 12.1 Å². The van der Waals surface area contributed by atoms with Crippen molar-refractivity contribution in [1.82, 2.24) is 15.4 Å². The van der Waals surface area contributed by atoms with Crippen molar-refractivity contribution >= 4 is 12.7 Å². The highest BCUT2D eigenvalue weighted by Gasteiger charge is 2.37. The zero-order valence-electron chi connectivity index (χ0n) is 15.4. The lowest BCUT2D eigenvalue weighted by atomic mass is 9.87. The largest absolute Gasteiger partial charge is 0.437 e. The van der Waals surface area contributed by atoms with Crippen molar-refractivity contribution in [1.29, 1.82) is 0 Å². The third kappa shape index (κ3) is 3.20. The summed E-state index contributed by atoms with van der Waals surface area (Å²) < 4.78 is 5.63. The number of ether oxygens (including phenoxy) is 1. The summed E-state index contributed by atoms with van der Waals surface area (Å²) >= 11 is 0. The molecule has 1 aromatic carbocycles. The first-order valence-electron chi connectivity index (χ1n) is 9.38. The number of rotatable bonds is 4. The Morgan fingerprint density at radius 3 is 2.92 bits per heavy atom. The van der Waals surface area contributed by atoms with E-state index in [1.54, 1.807) is 13.9 Å². The molecular weight excluding hydrogens is 315 g/mol. The molecule has 3 heterocycles. The summed E-state index contributed by atoms with van der Waals surface area (Å²) in [6.45, 7) is 8.95. The maximum absolute atomic E-state index is 9.66. The molecule has 0 amide bonds. The fraction of sp³-hybridized carbons (Fsp3) is 0.667. The van der Waals surface area contributed by atoms with Gasteiger partial charge in [0, 0.05) is 63.6 Å². The molecule has 4 atom stereocenters. The van der Waals surface area contributed by atoms with E-state index < -0.39 is 7.05 Å². The molecule has 3 aliphatic heterocycles. The topological polar surface area (TPSA) is 60.0 Å². The van der Waals surface area contributed by atoms with Gasteiger partial charge in [0.1, 0.15) is 0 Å². The van der Waals surface area contributed by atoms with Crippen LogP contribution in [-0.4, -0.2) is 68.5 Å². The molecule has 2 saturated heterocycles. The highest BCUT2D eigenvalue weighted by Crippen LogP contribution is 2.38. The summed E-state index contributed by atoms with van der Waals surface area (Å²) in [5.41, 5.74) is 4.19. The summed E-state index contributed by atoms with van der Waals surface area (Å²) in [4.78, 5) is 4.98. The zero-order chi connectivity index (χ0) is 17.6. The van der Waals surface area contributed by atoms with E-state index in [4.69, 9.17) is 4.74 Å². The monoisotopic (exact) mass is 344 g/mol. The van der Waals surface area contributed by atoms with E-state index >= 15 is 0 Å². The zero-order valence-corrected chi connectivity index (χ0v) is 15.4. The van der Waals surface area contributed by atoms with E-state index in [2.05, 4.69) is 45.5 Å². The van der Waals surface area contributed by atoms with Gasteiger partial charge in [-0.25, -0.2) is 0 Å². The van der Waals surface area contributed by atoms with Gasteiger partial charge in [-0.1, -0.05) is 6.07 Å². The molecule has 3 aliphatic rings. The van der Waals surface area contributed by atoms with Crippen LogP contribution in [0.15, 0.2) is 18.2 Å². The Morgan fingerprint density at radius 2 is 2.16 bits per heavy atom. The first-order valence-corrected chi connectivity index (χ1v) is 9.38. The van der Waals surface area contributed by atoms with Gasteiger partial charge in [-0.2, -0.15) is 0 Å². The number of methoxy groups -OCH3 is 1. The van der Waals surface area contributed by atoms with Gasteiger partial charge < -0.3 is 25.2 Å². The summed E-state index contributed by atoms with van der Waals surface area (Å²) in [5.74, 6) is 0.